The van der Waals surface area contributed by atoms with Crippen LogP contribution in [0.25, 0.3) is 0 Å². The average molecular weight is 291 g/mol. The normalized spacial score (nSPS) is 27.5. The molecule has 2 rings (SSSR count). The van der Waals surface area contributed by atoms with Crippen LogP contribution in [0.2, 0.25) is 0 Å². The standard InChI is InChI=1S/C12H25N3O3S/c1-12-3-2-5-14(11-12)6-4-13-19(16,17)15-7-9-18-10-8-15/h12-13H,2-11H2,1H3/t12-/m0/s1. The van der Waals surface area contributed by atoms with Gasteiger partial charge in [0.2, 0.25) is 0 Å². The van der Waals surface area contributed by atoms with Crippen molar-refractivity contribution < 1.29 is 13.2 Å². The molecule has 6 nitrogen and oxygen atoms in total. The largest absolute Gasteiger partial charge is 0.379 e. The smallest absolute Gasteiger partial charge is 0.279 e. The van der Waals surface area contributed by atoms with E-state index in [0.717, 1.165) is 25.6 Å². The third kappa shape index (κ3) is 4.68. The summed E-state index contributed by atoms with van der Waals surface area (Å²) in [5.74, 6) is 0.726. The molecule has 2 aliphatic rings. The topological polar surface area (TPSA) is 61.9 Å². The zero-order valence-electron chi connectivity index (χ0n) is 11.7. The molecule has 0 aliphatic carbocycles. The number of piperidine rings is 1. The van der Waals surface area contributed by atoms with Gasteiger partial charge in [0.05, 0.1) is 13.2 Å². The third-order valence-corrected chi connectivity index (χ3v) is 5.38. The zero-order chi connectivity index (χ0) is 13.7. The van der Waals surface area contributed by atoms with Crippen LogP contribution in [0.1, 0.15) is 19.8 Å². The summed E-state index contributed by atoms with van der Waals surface area (Å²) in [4.78, 5) is 2.34. The molecule has 0 bridgehead atoms. The molecule has 0 radical (unpaired) electrons. The summed E-state index contributed by atoms with van der Waals surface area (Å²) in [6.45, 7) is 7.61. The third-order valence-electron chi connectivity index (χ3n) is 3.76. The average Bonchev–Trinajstić information content (AvgIpc) is 2.40. The van der Waals surface area contributed by atoms with Gasteiger partial charge in [-0.15, -0.1) is 0 Å². The van der Waals surface area contributed by atoms with Crippen LogP contribution in [-0.4, -0.2) is 70.1 Å². The molecule has 0 aromatic heterocycles. The van der Waals surface area contributed by atoms with E-state index in [0.29, 0.717) is 32.8 Å². The lowest BCUT2D eigenvalue weighted by molar-refractivity contribution is 0.0724. The molecule has 7 heteroatoms. The molecule has 0 unspecified atom stereocenters. The van der Waals surface area contributed by atoms with Crippen LogP contribution in [0, 0.1) is 5.92 Å². The SMILES string of the molecule is C[C@H]1CCCN(CCNS(=O)(=O)N2CCOCC2)C1. The second-order valence-corrected chi connectivity index (χ2v) is 7.21. The molecule has 1 atom stereocenters. The van der Waals surface area contributed by atoms with Gasteiger partial charge in [0.1, 0.15) is 0 Å². The Balaban J connectivity index is 1.71. The van der Waals surface area contributed by atoms with E-state index in [1.807, 2.05) is 0 Å². The first-order valence-electron chi connectivity index (χ1n) is 7.13. The van der Waals surface area contributed by atoms with Crippen LogP contribution in [0.3, 0.4) is 0 Å². The highest BCUT2D eigenvalue weighted by Gasteiger charge is 2.24. The molecule has 19 heavy (non-hydrogen) atoms. The fourth-order valence-corrected chi connectivity index (χ4v) is 3.86. The maximum atomic E-state index is 12.0. The van der Waals surface area contributed by atoms with Crippen LogP contribution in [0.5, 0.6) is 0 Å². The number of nitrogens with one attached hydrogen (secondary N) is 1. The molecule has 0 aromatic carbocycles. The number of morpholine rings is 1. The zero-order valence-corrected chi connectivity index (χ0v) is 12.5. The number of rotatable bonds is 5. The molecule has 2 heterocycles. The highest BCUT2D eigenvalue weighted by atomic mass is 32.2. The quantitative estimate of drug-likeness (QED) is 0.767. The molecule has 2 fully saturated rings. The predicted octanol–water partition coefficient (Wildman–Crippen LogP) is -0.115. The molecule has 0 aromatic rings. The highest BCUT2D eigenvalue weighted by Crippen LogP contribution is 2.14. The van der Waals surface area contributed by atoms with Crippen LogP contribution in [0.4, 0.5) is 0 Å². The molecule has 1 N–H and O–H groups in total. The van der Waals surface area contributed by atoms with Gasteiger partial charge in [0, 0.05) is 32.7 Å². The molecule has 2 saturated heterocycles. The molecule has 0 spiro atoms. The Morgan fingerprint density at radius 1 is 1.26 bits per heavy atom. The molecule has 2 aliphatic heterocycles. The predicted molar refractivity (Wildman–Crippen MR) is 74.2 cm³/mol. The first kappa shape index (κ1) is 15.2. The van der Waals surface area contributed by atoms with Crippen molar-refractivity contribution in [3.05, 3.63) is 0 Å². The monoisotopic (exact) mass is 291 g/mol. The van der Waals surface area contributed by atoms with Crippen molar-refractivity contribution in [1.82, 2.24) is 13.9 Å². The van der Waals surface area contributed by atoms with Crippen molar-refractivity contribution >= 4 is 10.2 Å². The van der Waals surface area contributed by atoms with E-state index in [9.17, 15) is 8.42 Å². The van der Waals surface area contributed by atoms with Crippen molar-refractivity contribution in [2.45, 2.75) is 19.8 Å². The van der Waals surface area contributed by atoms with E-state index in [-0.39, 0.29) is 0 Å². The number of likely N-dealkylation sites (tertiary alicyclic amines) is 1. The van der Waals surface area contributed by atoms with Gasteiger partial charge in [-0.05, 0) is 25.3 Å². The molecular formula is C12H25N3O3S. The Bertz CT molecular complexity index is 368. The van der Waals surface area contributed by atoms with Crippen LogP contribution in [-0.2, 0) is 14.9 Å². The van der Waals surface area contributed by atoms with Crippen molar-refractivity contribution in [3.63, 3.8) is 0 Å². The summed E-state index contributed by atoms with van der Waals surface area (Å²) in [7, 11) is -3.32. The summed E-state index contributed by atoms with van der Waals surface area (Å²) in [6.07, 6.45) is 2.51. The van der Waals surface area contributed by atoms with Gasteiger partial charge >= 0.3 is 0 Å². The Kier molecular flexibility index (Phi) is 5.58. The summed E-state index contributed by atoms with van der Waals surface area (Å²) in [5.41, 5.74) is 0. The van der Waals surface area contributed by atoms with E-state index in [4.69, 9.17) is 4.74 Å². The van der Waals surface area contributed by atoms with Gasteiger partial charge in [-0.2, -0.15) is 12.7 Å². The van der Waals surface area contributed by atoms with Gasteiger partial charge < -0.3 is 9.64 Å². The van der Waals surface area contributed by atoms with E-state index in [1.165, 1.54) is 17.1 Å². The minimum Gasteiger partial charge on any atom is -0.379 e. The first-order chi connectivity index (χ1) is 9.08. The molecular weight excluding hydrogens is 266 g/mol. The summed E-state index contributed by atoms with van der Waals surface area (Å²) < 4.78 is 33.4. The minimum absolute atomic E-state index is 0.454. The van der Waals surface area contributed by atoms with Gasteiger partial charge in [-0.1, -0.05) is 6.92 Å². The number of ether oxygens (including phenoxy) is 1. The second kappa shape index (κ2) is 6.99. The van der Waals surface area contributed by atoms with Crippen molar-refractivity contribution in [3.8, 4) is 0 Å². The van der Waals surface area contributed by atoms with E-state index in [1.54, 1.807) is 0 Å². The fraction of sp³-hybridized carbons (Fsp3) is 1.00. The summed E-state index contributed by atoms with van der Waals surface area (Å²) in [5, 5.41) is 0. The van der Waals surface area contributed by atoms with Crippen molar-refractivity contribution in [1.29, 1.82) is 0 Å². The van der Waals surface area contributed by atoms with Crippen molar-refractivity contribution in [2.24, 2.45) is 5.92 Å². The number of hydrogen-bond donors (Lipinski definition) is 1. The molecule has 0 amide bonds. The first-order valence-corrected chi connectivity index (χ1v) is 8.57. The van der Waals surface area contributed by atoms with Crippen LogP contribution >= 0.6 is 0 Å². The van der Waals surface area contributed by atoms with E-state index < -0.39 is 10.2 Å². The van der Waals surface area contributed by atoms with E-state index >= 15 is 0 Å². The Morgan fingerprint density at radius 3 is 2.68 bits per heavy atom. The summed E-state index contributed by atoms with van der Waals surface area (Å²) >= 11 is 0. The highest BCUT2D eigenvalue weighted by molar-refractivity contribution is 7.87. The van der Waals surface area contributed by atoms with Gasteiger partial charge in [0.25, 0.3) is 10.2 Å². The lowest BCUT2D eigenvalue weighted by Crippen LogP contribution is -2.48. The molecule has 0 saturated carbocycles. The number of nitrogens with zero attached hydrogens (tertiary/aromatic N) is 2. The van der Waals surface area contributed by atoms with E-state index in [2.05, 4.69) is 16.5 Å². The lowest BCUT2D eigenvalue weighted by atomic mass is 10.0. The Labute approximate surface area is 116 Å². The van der Waals surface area contributed by atoms with Gasteiger partial charge in [0.15, 0.2) is 0 Å². The number of hydrogen-bond acceptors (Lipinski definition) is 4. The fourth-order valence-electron chi connectivity index (χ4n) is 2.70. The van der Waals surface area contributed by atoms with Crippen LogP contribution in [0.15, 0.2) is 0 Å². The summed E-state index contributed by atoms with van der Waals surface area (Å²) in [6, 6.07) is 0. The Morgan fingerprint density at radius 2 is 2.00 bits per heavy atom. The Hall–Kier alpha value is -0.210. The van der Waals surface area contributed by atoms with Crippen LogP contribution < -0.4 is 4.72 Å². The second-order valence-electron chi connectivity index (χ2n) is 5.46. The minimum atomic E-state index is -3.32. The lowest BCUT2D eigenvalue weighted by Gasteiger charge is -2.31. The van der Waals surface area contributed by atoms with Gasteiger partial charge in [-0.25, -0.2) is 4.72 Å². The van der Waals surface area contributed by atoms with Crippen molar-refractivity contribution in [2.75, 3.05) is 52.5 Å². The maximum Gasteiger partial charge on any atom is 0.279 e. The maximum absolute atomic E-state index is 12.0. The molecule has 112 valence electrons. The van der Waals surface area contributed by atoms with Gasteiger partial charge in [-0.3, -0.25) is 0 Å².